The van der Waals surface area contributed by atoms with Crippen molar-refractivity contribution in [2.45, 2.75) is 13.0 Å². The number of hydrogen-bond donors (Lipinski definition) is 0. The number of benzene rings is 2. The van der Waals surface area contributed by atoms with Gasteiger partial charge in [-0.25, -0.2) is 0 Å². The molecule has 0 aliphatic carbocycles. The molecule has 0 saturated heterocycles. The number of amides is 2. The molecule has 1 aliphatic heterocycles. The lowest BCUT2D eigenvalue weighted by atomic mass is 10.2. The van der Waals surface area contributed by atoms with Crippen molar-refractivity contribution in [3.63, 3.8) is 0 Å². The average molecular weight is 452 g/mol. The van der Waals surface area contributed by atoms with Crippen LogP contribution in [0.25, 0.3) is 10.2 Å². The van der Waals surface area contributed by atoms with Crippen LogP contribution in [0.1, 0.15) is 5.56 Å². The van der Waals surface area contributed by atoms with Crippen molar-refractivity contribution < 1.29 is 14.3 Å². The number of thiazole rings is 1. The van der Waals surface area contributed by atoms with Gasteiger partial charge in [0.25, 0.3) is 5.91 Å². The second kappa shape index (κ2) is 9.41. The molecule has 0 bridgehead atoms. The summed E-state index contributed by atoms with van der Waals surface area (Å²) in [5.41, 5.74) is 3.07. The third kappa shape index (κ3) is 4.53. The minimum Gasteiger partial charge on any atom is -0.497 e. The Balaban J connectivity index is 1.43. The molecule has 2 amide bonds. The van der Waals surface area contributed by atoms with Gasteiger partial charge < -0.3 is 14.2 Å². The normalized spacial score (nSPS) is 13.3. The SMILES string of the molecule is C#CCn1c(=NC(=O)CSCC(=O)N2CCc3ccccc32)sc2cc(OC)ccc21. The van der Waals surface area contributed by atoms with E-state index in [1.165, 1.54) is 28.7 Å². The number of ether oxygens (including phenoxy) is 1. The van der Waals surface area contributed by atoms with Crippen molar-refractivity contribution in [2.24, 2.45) is 4.99 Å². The third-order valence-corrected chi connectivity index (χ3v) is 6.94. The number of terminal acetylenes is 1. The number of fused-ring (bicyclic) bond motifs is 2. The van der Waals surface area contributed by atoms with E-state index in [1.54, 1.807) is 12.0 Å². The molecule has 2 aromatic carbocycles. The molecule has 0 radical (unpaired) electrons. The van der Waals surface area contributed by atoms with Gasteiger partial charge in [0.1, 0.15) is 5.75 Å². The molecule has 6 nitrogen and oxygen atoms in total. The smallest absolute Gasteiger partial charge is 0.258 e. The fraction of sp³-hybridized carbons (Fsp3) is 0.261. The monoisotopic (exact) mass is 451 g/mol. The fourth-order valence-electron chi connectivity index (χ4n) is 3.55. The second-order valence-electron chi connectivity index (χ2n) is 6.93. The van der Waals surface area contributed by atoms with E-state index in [0.29, 0.717) is 17.9 Å². The number of carbonyl (C=O) groups excluding carboxylic acids is 2. The summed E-state index contributed by atoms with van der Waals surface area (Å²) in [7, 11) is 1.61. The van der Waals surface area contributed by atoms with Crippen LogP contribution < -0.4 is 14.4 Å². The summed E-state index contributed by atoms with van der Waals surface area (Å²) in [5.74, 6) is 3.45. The van der Waals surface area contributed by atoms with Gasteiger partial charge in [-0.05, 0) is 36.2 Å². The van der Waals surface area contributed by atoms with E-state index in [2.05, 4.69) is 10.9 Å². The number of para-hydroxylation sites is 1. The van der Waals surface area contributed by atoms with Gasteiger partial charge >= 0.3 is 0 Å². The fourth-order valence-corrected chi connectivity index (χ4v) is 5.30. The molecule has 0 N–H and O–H groups in total. The molecule has 2 heterocycles. The molecule has 158 valence electrons. The maximum absolute atomic E-state index is 12.6. The van der Waals surface area contributed by atoms with Gasteiger partial charge in [-0.2, -0.15) is 4.99 Å². The van der Waals surface area contributed by atoms with Gasteiger partial charge in [-0.15, -0.1) is 18.2 Å². The highest BCUT2D eigenvalue weighted by Gasteiger charge is 2.23. The van der Waals surface area contributed by atoms with Gasteiger partial charge in [-0.3, -0.25) is 9.59 Å². The van der Waals surface area contributed by atoms with Crippen LogP contribution in [0, 0.1) is 12.3 Å². The van der Waals surface area contributed by atoms with E-state index >= 15 is 0 Å². The van der Waals surface area contributed by atoms with Gasteiger partial charge in [-0.1, -0.05) is 35.5 Å². The van der Waals surface area contributed by atoms with Gasteiger partial charge in [0, 0.05) is 12.2 Å². The Hall–Kier alpha value is -3.02. The number of aromatic nitrogens is 1. The maximum Gasteiger partial charge on any atom is 0.258 e. The minimum atomic E-state index is -0.288. The Morgan fingerprint density at radius 3 is 2.90 bits per heavy atom. The summed E-state index contributed by atoms with van der Waals surface area (Å²) in [6, 6.07) is 13.6. The molecule has 0 atom stereocenters. The summed E-state index contributed by atoms with van der Waals surface area (Å²) < 4.78 is 8.06. The molecule has 4 rings (SSSR count). The first-order valence-corrected chi connectivity index (χ1v) is 11.7. The predicted octanol–water partition coefficient (Wildman–Crippen LogP) is 3.09. The number of nitrogens with zero attached hydrogens (tertiary/aromatic N) is 3. The first kappa shape index (κ1) is 21.2. The third-order valence-electron chi connectivity index (χ3n) is 5.00. The number of carbonyl (C=O) groups is 2. The van der Waals surface area contributed by atoms with Gasteiger partial charge in [0.05, 0.1) is 35.4 Å². The number of hydrogen-bond acceptors (Lipinski definition) is 5. The van der Waals surface area contributed by atoms with Crippen molar-refractivity contribution in [2.75, 3.05) is 30.1 Å². The molecule has 3 aromatic rings. The van der Waals surface area contributed by atoms with Gasteiger partial charge in [0.15, 0.2) is 4.80 Å². The highest BCUT2D eigenvalue weighted by Crippen LogP contribution is 2.28. The van der Waals surface area contributed by atoms with Crippen LogP contribution in [0.15, 0.2) is 47.5 Å². The highest BCUT2D eigenvalue weighted by atomic mass is 32.2. The first-order valence-electron chi connectivity index (χ1n) is 9.75. The van der Waals surface area contributed by atoms with Crippen LogP contribution in [0.2, 0.25) is 0 Å². The molecule has 0 spiro atoms. The van der Waals surface area contributed by atoms with Crippen LogP contribution in [-0.2, 0) is 22.6 Å². The Kier molecular flexibility index (Phi) is 6.44. The lowest BCUT2D eigenvalue weighted by Crippen LogP contribution is -2.30. The van der Waals surface area contributed by atoms with Crippen LogP contribution in [-0.4, -0.2) is 41.5 Å². The van der Waals surface area contributed by atoms with Crippen molar-refractivity contribution in [3.8, 4) is 18.1 Å². The lowest BCUT2D eigenvalue weighted by Gasteiger charge is -2.16. The van der Waals surface area contributed by atoms with E-state index in [1.807, 2.05) is 47.0 Å². The van der Waals surface area contributed by atoms with E-state index in [9.17, 15) is 9.59 Å². The summed E-state index contributed by atoms with van der Waals surface area (Å²) in [6.07, 6.45) is 6.38. The molecule has 31 heavy (non-hydrogen) atoms. The van der Waals surface area contributed by atoms with E-state index in [-0.39, 0.29) is 23.3 Å². The zero-order valence-electron chi connectivity index (χ0n) is 17.0. The Morgan fingerprint density at radius 1 is 1.26 bits per heavy atom. The number of thioether (sulfide) groups is 1. The minimum absolute atomic E-state index is 0.0131. The molecule has 0 unspecified atom stereocenters. The Bertz CT molecular complexity index is 1250. The van der Waals surface area contributed by atoms with Crippen LogP contribution in [0.5, 0.6) is 5.75 Å². The summed E-state index contributed by atoms with van der Waals surface area (Å²) >= 11 is 2.67. The van der Waals surface area contributed by atoms with Crippen molar-refractivity contribution in [1.82, 2.24) is 4.57 Å². The zero-order valence-corrected chi connectivity index (χ0v) is 18.7. The summed E-state index contributed by atoms with van der Waals surface area (Å²) in [5, 5.41) is 0. The maximum atomic E-state index is 12.6. The molecule has 1 aliphatic rings. The van der Waals surface area contributed by atoms with Crippen LogP contribution >= 0.6 is 23.1 Å². The summed E-state index contributed by atoms with van der Waals surface area (Å²) in [6.45, 7) is 1.01. The number of methoxy groups -OCH3 is 1. The average Bonchev–Trinajstić information content (AvgIpc) is 3.35. The topological polar surface area (TPSA) is 63.9 Å². The first-order chi connectivity index (χ1) is 15.1. The molecular formula is C23H21N3O3S2. The number of anilines is 1. The predicted molar refractivity (Wildman–Crippen MR) is 126 cm³/mol. The van der Waals surface area contributed by atoms with Crippen LogP contribution in [0.4, 0.5) is 5.69 Å². The standard InChI is InChI=1S/C23H21N3O3S2/c1-3-11-26-19-9-8-17(29-2)13-20(19)31-23(26)24-21(27)14-30-15-22(28)25-12-10-16-6-4-5-7-18(16)25/h1,4-9,13H,10-12,14-15H2,2H3. The van der Waals surface area contributed by atoms with E-state index < -0.39 is 0 Å². The molecule has 0 saturated carbocycles. The van der Waals surface area contributed by atoms with Crippen molar-refractivity contribution >= 4 is 50.8 Å². The van der Waals surface area contributed by atoms with Gasteiger partial charge in [0.2, 0.25) is 5.91 Å². The number of rotatable bonds is 6. The molecule has 8 heteroatoms. The van der Waals surface area contributed by atoms with Crippen LogP contribution in [0.3, 0.4) is 0 Å². The Labute approximate surface area is 188 Å². The lowest BCUT2D eigenvalue weighted by molar-refractivity contribution is -0.116. The molecule has 1 aromatic heterocycles. The Morgan fingerprint density at radius 2 is 2.10 bits per heavy atom. The zero-order chi connectivity index (χ0) is 21.8. The largest absolute Gasteiger partial charge is 0.497 e. The van der Waals surface area contributed by atoms with Crippen molar-refractivity contribution in [1.29, 1.82) is 0 Å². The summed E-state index contributed by atoms with van der Waals surface area (Å²) in [4.78, 5) is 31.7. The second-order valence-corrected chi connectivity index (χ2v) is 8.93. The quantitative estimate of drug-likeness (QED) is 0.541. The molecular weight excluding hydrogens is 430 g/mol. The van der Waals surface area contributed by atoms with E-state index in [4.69, 9.17) is 11.2 Å². The molecule has 0 fully saturated rings. The highest BCUT2D eigenvalue weighted by molar-refractivity contribution is 8.00. The van der Waals surface area contributed by atoms with Crippen molar-refractivity contribution in [3.05, 3.63) is 52.8 Å². The van der Waals surface area contributed by atoms with E-state index in [0.717, 1.165) is 28.1 Å².